The quantitative estimate of drug-likeness (QED) is 0.762. The van der Waals surface area contributed by atoms with Gasteiger partial charge in [-0.3, -0.25) is 4.90 Å². The molecule has 2 aromatic carbocycles. The van der Waals surface area contributed by atoms with Gasteiger partial charge >= 0.3 is 0 Å². The molecule has 1 atom stereocenters. The smallest absolute Gasteiger partial charge is 0.119 e. The number of nitrogens with one attached hydrogen (secondary N) is 1. The zero-order chi connectivity index (χ0) is 17.2. The molecule has 3 aromatic rings. The van der Waals surface area contributed by atoms with Crippen LogP contribution >= 0.6 is 0 Å². The molecular weight excluding hydrogens is 310 g/mol. The summed E-state index contributed by atoms with van der Waals surface area (Å²) in [5.41, 5.74) is 3.54. The van der Waals surface area contributed by atoms with E-state index < -0.39 is 0 Å². The fourth-order valence-corrected chi connectivity index (χ4v) is 3.84. The van der Waals surface area contributed by atoms with E-state index in [-0.39, 0.29) is 0 Å². The molecule has 1 aliphatic heterocycles. The highest BCUT2D eigenvalue weighted by atomic mass is 16.5. The van der Waals surface area contributed by atoms with E-state index in [2.05, 4.69) is 53.2 Å². The molecule has 25 heavy (non-hydrogen) atoms. The lowest BCUT2D eigenvalue weighted by Crippen LogP contribution is -2.35. The van der Waals surface area contributed by atoms with Gasteiger partial charge in [-0.05, 0) is 62.7 Å². The number of likely N-dealkylation sites (tertiary alicyclic amines) is 1. The largest absolute Gasteiger partial charge is 0.497 e. The molecule has 0 unspecified atom stereocenters. The molecule has 0 saturated carbocycles. The summed E-state index contributed by atoms with van der Waals surface area (Å²) in [6.45, 7) is 4.48. The molecule has 4 rings (SSSR count). The van der Waals surface area contributed by atoms with E-state index in [1.807, 2.05) is 12.1 Å². The molecule has 1 aliphatic rings. The molecule has 0 spiro atoms. The summed E-state index contributed by atoms with van der Waals surface area (Å²) in [5.74, 6) is 2.61. The molecule has 0 amide bonds. The maximum absolute atomic E-state index is 5.37. The lowest BCUT2D eigenvalue weighted by molar-refractivity contribution is 0.160. The maximum atomic E-state index is 5.37. The van der Waals surface area contributed by atoms with Gasteiger partial charge in [0.15, 0.2) is 0 Å². The van der Waals surface area contributed by atoms with Gasteiger partial charge in [0.25, 0.3) is 0 Å². The molecule has 0 bridgehead atoms. The number of rotatable bonds is 4. The summed E-state index contributed by atoms with van der Waals surface area (Å²) in [4.78, 5) is 10.9. The van der Waals surface area contributed by atoms with Gasteiger partial charge in [0, 0.05) is 12.0 Å². The number of aromatic nitrogens is 2. The van der Waals surface area contributed by atoms with E-state index in [0.717, 1.165) is 48.5 Å². The number of para-hydroxylation sites is 2. The van der Waals surface area contributed by atoms with E-state index in [1.54, 1.807) is 7.11 Å². The van der Waals surface area contributed by atoms with Crippen LogP contribution in [0.4, 0.5) is 0 Å². The Bertz CT molecular complexity index is 816. The van der Waals surface area contributed by atoms with E-state index >= 15 is 0 Å². The molecular formula is C21H25N3O. The van der Waals surface area contributed by atoms with Crippen LogP contribution in [0.15, 0.2) is 48.5 Å². The molecule has 0 aliphatic carbocycles. The number of aromatic amines is 1. The highest BCUT2D eigenvalue weighted by Crippen LogP contribution is 2.32. The number of piperidine rings is 1. The molecule has 4 nitrogen and oxygen atoms in total. The first-order valence-electron chi connectivity index (χ1n) is 9.07. The molecule has 1 N–H and O–H groups in total. The molecule has 2 heterocycles. The van der Waals surface area contributed by atoms with Crippen molar-refractivity contribution in [2.24, 2.45) is 0 Å². The van der Waals surface area contributed by atoms with Crippen molar-refractivity contribution in [2.75, 3.05) is 20.2 Å². The van der Waals surface area contributed by atoms with Gasteiger partial charge in [-0.15, -0.1) is 0 Å². The molecule has 1 fully saturated rings. The Kier molecular flexibility index (Phi) is 4.45. The van der Waals surface area contributed by atoms with Gasteiger partial charge in [-0.1, -0.05) is 24.3 Å². The Hall–Kier alpha value is -2.33. The Balaban J connectivity index is 1.43. The topological polar surface area (TPSA) is 41.1 Å². The van der Waals surface area contributed by atoms with Crippen LogP contribution in [0.1, 0.15) is 43.1 Å². The third kappa shape index (κ3) is 3.27. The summed E-state index contributed by atoms with van der Waals surface area (Å²) >= 11 is 0. The Morgan fingerprint density at radius 1 is 1.12 bits per heavy atom. The van der Waals surface area contributed by atoms with Crippen LogP contribution in [0.2, 0.25) is 0 Å². The van der Waals surface area contributed by atoms with Crippen molar-refractivity contribution < 1.29 is 4.74 Å². The zero-order valence-corrected chi connectivity index (χ0v) is 14.9. The van der Waals surface area contributed by atoms with Crippen molar-refractivity contribution in [1.82, 2.24) is 14.9 Å². The summed E-state index contributed by atoms with van der Waals surface area (Å²) in [7, 11) is 1.72. The predicted octanol–water partition coefficient (Wildman–Crippen LogP) is 4.51. The molecule has 1 saturated heterocycles. The lowest BCUT2D eigenvalue weighted by Gasteiger charge is -2.35. The van der Waals surface area contributed by atoms with Gasteiger partial charge in [-0.25, -0.2) is 4.98 Å². The Morgan fingerprint density at radius 3 is 2.68 bits per heavy atom. The number of hydrogen-bond acceptors (Lipinski definition) is 3. The molecule has 130 valence electrons. The van der Waals surface area contributed by atoms with Crippen molar-refractivity contribution in [1.29, 1.82) is 0 Å². The second-order valence-electron chi connectivity index (χ2n) is 6.90. The number of fused-ring (bicyclic) bond motifs is 1. The fourth-order valence-electron chi connectivity index (χ4n) is 3.84. The first-order valence-corrected chi connectivity index (χ1v) is 9.07. The summed E-state index contributed by atoms with van der Waals surface area (Å²) < 4.78 is 5.37. The zero-order valence-electron chi connectivity index (χ0n) is 14.9. The van der Waals surface area contributed by atoms with Crippen LogP contribution in [0.25, 0.3) is 11.0 Å². The van der Waals surface area contributed by atoms with Crippen LogP contribution in [0, 0.1) is 0 Å². The number of imidazole rings is 1. The lowest BCUT2D eigenvalue weighted by atomic mass is 9.94. The van der Waals surface area contributed by atoms with Crippen molar-refractivity contribution in [3.8, 4) is 5.75 Å². The summed E-state index contributed by atoms with van der Waals surface area (Å²) in [6, 6.07) is 17.1. The average molecular weight is 335 g/mol. The second-order valence-corrected chi connectivity index (χ2v) is 6.90. The fraction of sp³-hybridized carbons (Fsp3) is 0.381. The normalized spacial score (nSPS) is 17.7. The van der Waals surface area contributed by atoms with Crippen LogP contribution in [0.3, 0.4) is 0 Å². The molecule has 0 radical (unpaired) electrons. The minimum atomic E-state index is 0.409. The van der Waals surface area contributed by atoms with Gasteiger partial charge in [0.05, 0.1) is 18.1 Å². The van der Waals surface area contributed by atoms with Crippen molar-refractivity contribution >= 4 is 11.0 Å². The van der Waals surface area contributed by atoms with Crippen molar-refractivity contribution in [2.45, 2.75) is 31.7 Å². The monoisotopic (exact) mass is 335 g/mol. The van der Waals surface area contributed by atoms with Crippen LogP contribution in [-0.2, 0) is 0 Å². The molecule has 4 heteroatoms. The van der Waals surface area contributed by atoms with Crippen molar-refractivity contribution in [3.63, 3.8) is 0 Å². The van der Waals surface area contributed by atoms with E-state index in [1.165, 1.54) is 5.56 Å². The van der Waals surface area contributed by atoms with Gasteiger partial charge in [0.1, 0.15) is 11.6 Å². The predicted molar refractivity (Wildman–Crippen MR) is 101 cm³/mol. The third-order valence-corrected chi connectivity index (χ3v) is 5.45. The van der Waals surface area contributed by atoms with Crippen LogP contribution in [-0.4, -0.2) is 35.1 Å². The highest BCUT2D eigenvalue weighted by molar-refractivity contribution is 5.74. The Morgan fingerprint density at radius 2 is 1.92 bits per heavy atom. The van der Waals surface area contributed by atoms with E-state index in [0.29, 0.717) is 12.0 Å². The van der Waals surface area contributed by atoms with Crippen molar-refractivity contribution in [3.05, 3.63) is 59.9 Å². The number of nitrogens with zero attached hydrogens (tertiary/aromatic N) is 2. The maximum Gasteiger partial charge on any atom is 0.119 e. The van der Waals surface area contributed by atoms with E-state index in [9.17, 15) is 0 Å². The summed E-state index contributed by atoms with van der Waals surface area (Å²) in [5, 5.41) is 0. The summed E-state index contributed by atoms with van der Waals surface area (Å²) in [6.07, 6.45) is 2.29. The van der Waals surface area contributed by atoms with Gasteiger partial charge in [-0.2, -0.15) is 0 Å². The minimum Gasteiger partial charge on any atom is -0.497 e. The first-order chi connectivity index (χ1) is 12.2. The van der Waals surface area contributed by atoms with Crippen LogP contribution < -0.4 is 4.74 Å². The second kappa shape index (κ2) is 6.89. The number of H-pyrrole nitrogens is 1. The van der Waals surface area contributed by atoms with E-state index in [4.69, 9.17) is 9.72 Å². The van der Waals surface area contributed by atoms with Gasteiger partial charge in [0.2, 0.25) is 0 Å². The average Bonchev–Trinajstić information content (AvgIpc) is 3.12. The first kappa shape index (κ1) is 16.2. The van der Waals surface area contributed by atoms with Crippen LogP contribution in [0.5, 0.6) is 5.75 Å². The minimum absolute atomic E-state index is 0.409. The molecule has 1 aromatic heterocycles. The number of methoxy groups -OCH3 is 1. The number of ether oxygens (including phenoxy) is 1. The highest BCUT2D eigenvalue weighted by Gasteiger charge is 2.26. The number of hydrogen-bond donors (Lipinski definition) is 1. The van der Waals surface area contributed by atoms with Gasteiger partial charge < -0.3 is 9.72 Å². The third-order valence-electron chi connectivity index (χ3n) is 5.45. The Labute approximate surface area is 148 Å². The SMILES string of the molecule is COc1cccc([C@@H](C)N2CCC(c3nc4ccccc4[nH]3)CC2)c1. The number of benzene rings is 2. The standard InChI is InChI=1S/C21H25N3O/c1-15(17-6-5-7-18(14-17)25-2)24-12-10-16(11-13-24)21-22-19-8-3-4-9-20(19)23-21/h3-9,14-16H,10-13H2,1-2H3,(H,22,23)/t15-/m1/s1.